The SMILES string of the molecule is COc1ccc(S(=O)(=O)N(CC(C)C)C[C@@H](O)[C@H](Cc2ccccc2)NC(=O)c2cc3ccc(N)cc3o2)cc1. The van der Waals surface area contributed by atoms with Gasteiger partial charge in [-0.3, -0.25) is 4.79 Å². The molecule has 10 heteroatoms. The van der Waals surface area contributed by atoms with Crippen molar-refractivity contribution < 1.29 is 27.5 Å². The summed E-state index contributed by atoms with van der Waals surface area (Å²) in [7, 11) is -2.44. The molecule has 4 rings (SSSR count). The van der Waals surface area contributed by atoms with E-state index in [1.165, 1.54) is 23.5 Å². The van der Waals surface area contributed by atoms with Gasteiger partial charge in [0.1, 0.15) is 11.3 Å². The highest BCUT2D eigenvalue weighted by Crippen LogP contribution is 2.24. The number of fused-ring (bicyclic) bond motifs is 1. The van der Waals surface area contributed by atoms with Crippen LogP contribution in [0.1, 0.15) is 30.0 Å². The van der Waals surface area contributed by atoms with Crippen LogP contribution >= 0.6 is 0 Å². The molecule has 212 valence electrons. The number of furan rings is 1. The first kappa shape index (κ1) is 29.1. The van der Waals surface area contributed by atoms with Gasteiger partial charge in [-0.05, 0) is 60.4 Å². The van der Waals surface area contributed by atoms with E-state index in [4.69, 9.17) is 14.9 Å². The van der Waals surface area contributed by atoms with Crippen molar-refractivity contribution in [2.75, 3.05) is 25.9 Å². The first-order chi connectivity index (χ1) is 19.1. The molecule has 2 atom stereocenters. The zero-order valence-electron chi connectivity index (χ0n) is 22.8. The Morgan fingerprint density at radius 3 is 2.38 bits per heavy atom. The molecular weight excluding hydrogens is 530 g/mol. The normalized spacial score (nSPS) is 13.4. The van der Waals surface area contributed by atoms with Crippen molar-refractivity contribution in [3.63, 3.8) is 0 Å². The van der Waals surface area contributed by atoms with E-state index in [0.717, 1.165) is 5.56 Å². The molecule has 0 aliphatic heterocycles. The van der Waals surface area contributed by atoms with Crippen LogP contribution in [-0.4, -0.2) is 56.1 Å². The van der Waals surface area contributed by atoms with Crippen molar-refractivity contribution in [1.29, 1.82) is 0 Å². The number of benzene rings is 3. The van der Waals surface area contributed by atoms with E-state index in [0.29, 0.717) is 22.4 Å². The van der Waals surface area contributed by atoms with Gasteiger partial charge in [-0.2, -0.15) is 4.31 Å². The van der Waals surface area contributed by atoms with Crippen LogP contribution in [0.5, 0.6) is 5.75 Å². The van der Waals surface area contributed by atoms with Gasteiger partial charge in [0.25, 0.3) is 5.91 Å². The number of hydrogen-bond acceptors (Lipinski definition) is 7. The fraction of sp³-hybridized carbons (Fsp3) is 0.300. The number of amides is 1. The molecule has 0 aliphatic rings. The predicted molar refractivity (Wildman–Crippen MR) is 155 cm³/mol. The van der Waals surface area contributed by atoms with Gasteiger partial charge < -0.3 is 25.3 Å². The number of aliphatic hydroxyl groups is 1. The number of nitrogens with one attached hydrogen (secondary N) is 1. The third kappa shape index (κ3) is 7.01. The number of anilines is 1. The van der Waals surface area contributed by atoms with Crippen LogP contribution in [0, 0.1) is 5.92 Å². The summed E-state index contributed by atoms with van der Waals surface area (Å²) in [5, 5.41) is 15.0. The highest BCUT2D eigenvalue weighted by atomic mass is 32.2. The highest BCUT2D eigenvalue weighted by Gasteiger charge is 2.32. The number of hydrogen-bond donors (Lipinski definition) is 3. The van der Waals surface area contributed by atoms with Crippen molar-refractivity contribution in [3.8, 4) is 5.75 Å². The lowest BCUT2D eigenvalue weighted by Crippen LogP contribution is -2.51. The molecular formula is C30H35N3O6S. The molecule has 0 bridgehead atoms. The summed E-state index contributed by atoms with van der Waals surface area (Å²) < 4.78 is 39.4. The summed E-state index contributed by atoms with van der Waals surface area (Å²) in [6, 6.07) is 21.4. The highest BCUT2D eigenvalue weighted by molar-refractivity contribution is 7.89. The second kappa shape index (κ2) is 12.5. The first-order valence-electron chi connectivity index (χ1n) is 13.0. The van der Waals surface area contributed by atoms with Crippen LogP contribution in [0.3, 0.4) is 0 Å². The van der Waals surface area contributed by atoms with E-state index in [1.807, 2.05) is 44.2 Å². The van der Waals surface area contributed by atoms with Crippen molar-refractivity contribution in [1.82, 2.24) is 9.62 Å². The van der Waals surface area contributed by atoms with Crippen molar-refractivity contribution in [3.05, 3.63) is 90.2 Å². The average molecular weight is 566 g/mol. The number of aliphatic hydroxyl groups excluding tert-OH is 1. The van der Waals surface area contributed by atoms with Crippen LogP contribution in [-0.2, 0) is 16.4 Å². The summed E-state index contributed by atoms with van der Waals surface area (Å²) in [6.45, 7) is 3.77. The number of sulfonamides is 1. The van der Waals surface area contributed by atoms with Gasteiger partial charge in [0.15, 0.2) is 5.76 Å². The van der Waals surface area contributed by atoms with Crippen molar-refractivity contribution in [2.24, 2.45) is 5.92 Å². The summed E-state index contributed by atoms with van der Waals surface area (Å²) in [5.41, 5.74) is 7.69. The van der Waals surface area contributed by atoms with Gasteiger partial charge in [0.05, 0.1) is 24.2 Å². The number of methoxy groups -OCH3 is 1. The Hall–Kier alpha value is -3.86. The van der Waals surface area contributed by atoms with E-state index in [1.54, 1.807) is 36.4 Å². The number of carbonyl (C=O) groups is 1. The molecule has 0 saturated heterocycles. The zero-order valence-corrected chi connectivity index (χ0v) is 23.6. The minimum atomic E-state index is -3.95. The number of carbonyl (C=O) groups excluding carboxylic acids is 1. The Kier molecular flexibility index (Phi) is 9.14. The summed E-state index contributed by atoms with van der Waals surface area (Å²) in [6.07, 6.45) is -0.949. The maximum absolute atomic E-state index is 13.6. The van der Waals surface area contributed by atoms with Crippen LogP contribution in [0.15, 0.2) is 88.2 Å². The Bertz CT molecular complexity index is 1530. The van der Waals surface area contributed by atoms with E-state index in [9.17, 15) is 18.3 Å². The fourth-order valence-electron chi connectivity index (χ4n) is 4.46. The number of nitrogens with two attached hydrogens (primary N) is 1. The third-order valence-corrected chi connectivity index (χ3v) is 8.35. The van der Waals surface area contributed by atoms with E-state index in [2.05, 4.69) is 5.32 Å². The molecule has 0 saturated carbocycles. The van der Waals surface area contributed by atoms with Gasteiger partial charge in [-0.15, -0.1) is 0 Å². The largest absolute Gasteiger partial charge is 0.497 e. The molecule has 0 radical (unpaired) electrons. The second-order valence-corrected chi connectivity index (χ2v) is 12.1. The lowest BCUT2D eigenvalue weighted by molar-refractivity contribution is 0.0756. The van der Waals surface area contributed by atoms with Crippen LogP contribution < -0.4 is 15.8 Å². The molecule has 1 heterocycles. The van der Waals surface area contributed by atoms with Gasteiger partial charge in [0, 0.05) is 30.2 Å². The lowest BCUT2D eigenvalue weighted by atomic mass is 10.0. The smallest absolute Gasteiger partial charge is 0.287 e. The molecule has 1 amide bonds. The number of ether oxygens (including phenoxy) is 1. The van der Waals surface area contributed by atoms with Gasteiger partial charge >= 0.3 is 0 Å². The fourth-order valence-corrected chi connectivity index (χ4v) is 6.08. The molecule has 0 unspecified atom stereocenters. The van der Waals surface area contributed by atoms with E-state index >= 15 is 0 Å². The quantitative estimate of drug-likeness (QED) is 0.220. The standard InChI is InChI=1S/C30H35N3O6S/c1-20(2)18-33(40(36,37)25-13-11-24(38-3)12-14-25)19-27(34)26(15-21-7-5-4-6-8-21)32-30(35)29-16-22-9-10-23(31)17-28(22)39-29/h4-14,16-17,20,26-27,34H,15,18-19,31H2,1-3H3,(H,32,35)/t26-,27+/m0/s1. The molecule has 0 spiro atoms. The molecule has 0 aliphatic carbocycles. The molecule has 4 N–H and O–H groups in total. The number of rotatable bonds is 12. The van der Waals surface area contributed by atoms with Crippen LogP contribution in [0.2, 0.25) is 0 Å². The minimum Gasteiger partial charge on any atom is -0.497 e. The minimum absolute atomic E-state index is 0.00891. The zero-order chi connectivity index (χ0) is 28.9. The summed E-state index contributed by atoms with van der Waals surface area (Å²) >= 11 is 0. The Balaban J connectivity index is 1.60. The molecule has 4 aromatic rings. The molecule has 40 heavy (non-hydrogen) atoms. The summed E-state index contributed by atoms with van der Waals surface area (Å²) in [5.74, 6) is 0.0672. The molecule has 3 aromatic carbocycles. The molecule has 0 fully saturated rings. The Morgan fingerprint density at radius 2 is 1.73 bits per heavy atom. The summed E-state index contributed by atoms with van der Waals surface area (Å²) in [4.78, 5) is 13.3. The predicted octanol–water partition coefficient (Wildman–Crippen LogP) is 4.07. The van der Waals surface area contributed by atoms with Crippen molar-refractivity contribution in [2.45, 2.75) is 37.3 Å². The van der Waals surface area contributed by atoms with Crippen molar-refractivity contribution >= 4 is 32.6 Å². The van der Waals surface area contributed by atoms with E-state index in [-0.39, 0.29) is 36.1 Å². The number of nitrogens with zero attached hydrogens (tertiary/aromatic N) is 1. The van der Waals surface area contributed by atoms with Crippen LogP contribution in [0.25, 0.3) is 11.0 Å². The Morgan fingerprint density at radius 1 is 1.02 bits per heavy atom. The maximum atomic E-state index is 13.6. The topological polar surface area (TPSA) is 135 Å². The average Bonchev–Trinajstić information content (AvgIpc) is 3.36. The first-order valence-corrected chi connectivity index (χ1v) is 14.5. The Labute approximate surface area is 234 Å². The lowest BCUT2D eigenvalue weighted by Gasteiger charge is -2.30. The van der Waals surface area contributed by atoms with Gasteiger partial charge in [-0.1, -0.05) is 44.2 Å². The molecule has 9 nitrogen and oxygen atoms in total. The monoisotopic (exact) mass is 565 g/mol. The second-order valence-electron chi connectivity index (χ2n) is 10.1. The molecule has 1 aromatic heterocycles. The van der Waals surface area contributed by atoms with E-state index < -0.39 is 28.1 Å². The van der Waals surface area contributed by atoms with Crippen LogP contribution in [0.4, 0.5) is 5.69 Å². The third-order valence-electron chi connectivity index (χ3n) is 6.50. The maximum Gasteiger partial charge on any atom is 0.287 e. The van der Waals surface area contributed by atoms with Gasteiger partial charge in [0.2, 0.25) is 10.0 Å². The van der Waals surface area contributed by atoms with Gasteiger partial charge in [-0.25, -0.2) is 8.42 Å². The number of nitrogen functional groups attached to an aromatic ring is 1.